The normalized spacial score (nSPS) is 14.6. The number of thioether (sulfide) groups is 1. The molecule has 0 bridgehead atoms. The second kappa shape index (κ2) is 5.20. The second-order valence-electron chi connectivity index (χ2n) is 5.40. The van der Waals surface area contributed by atoms with Gasteiger partial charge in [0, 0.05) is 18.0 Å². The van der Waals surface area contributed by atoms with Crippen LogP contribution in [0.4, 0.5) is 0 Å². The fourth-order valence-corrected chi connectivity index (χ4v) is 3.19. The minimum atomic E-state index is -0.0638. The molecular formula is C14H14N6OS. The highest BCUT2D eigenvalue weighted by molar-refractivity contribution is 7.98. The Morgan fingerprint density at radius 2 is 2.27 bits per heavy atom. The Morgan fingerprint density at radius 1 is 1.41 bits per heavy atom. The van der Waals surface area contributed by atoms with Crippen molar-refractivity contribution in [2.75, 3.05) is 0 Å². The lowest BCUT2D eigenvalue weighted by atomic mass is 10.3. The maximum Gasteiger partial charge on any atom is 0.258 e. The average Bonchev–Trinajstić information content (AvgIpc) is 3.25. The van der Waals surface area contributed by atoms with Crippen LogP contribution >= 0.6 is 11.8 Å². The fourth-order valence-electron chi connectivity index (χ4n) is 2.35. The van der Waals surface area contributed by atoms with Crippen molar-refractivity contribution in [2.45, 2.75) is 36.7 Å². The van der Waals surface area contributed by atoms with Gasteiger partial charge in [0.05, 0.1) is 11.7 Å². The van der Waals surface area contributed by atoms with Crippen LogP contribution in [0.5, 0.6) is 0 Å². The molecule has 0 spiro atoms. The lowest BCUT2D eigenvalue weighted by molar-refractivity contribution is 0.565. The zero-order valence-electron chi connectivity index (χ0n) is 12.0. The summed E-state index contributed by atoms with van der Waals surface area (Å²) in [5.41, 5.74) is 2.36. The molecule has 0 aromatic carbocycles. The van der Waals surface area contributed by atoms with Crippen LogP contribution in [0, 0.1) is 6.92 Å². The van der Waals surface area contributed by atoms with Crippen LogP contribution in [0.3, 0.4) is 0 Å². The molecule has 0 atom stereocenters. The molecule has 3 heterocycles. The number of aromatic nitrogens is 6. The predicted molar refractivity (Wildman–Crippen MR) is 81.8 cm³/mol. The highest BCUT2D eigenvalue weighted by Crippen LogP contribution is 2.36. The van der Waals surface area contributed by atoms with Gasteiger partial charge in [-0.1, -0.05) is 17.8 Å². The van der Waals surface area contributed by atoms with Crippen molar-refractivity contribution in [1.82, 2.24) is 29.6 Å². The number of aryl methyl sites for hydroxylation is 1. The van der Waals surface area contributed by atoms with Gasteiger partial charge >= 0.3 is 0 Å². The van der Waals surface area contributed by atoms with Crippen LogP contribution in [-0.4, -0.2) is 29.6 Å². The highest BCUT2D eigenvalue weighted by atomic mass is 32.2. The summed E-state index contributed by atoms with van der Waals surface area (Å²) in [6.07, 6.45) is 4.00. The molecule has 0 saturated heterocycles. The van der Waals surface area contributed by atoms with Crippen LogP contribution in [0.25, 0.3) is 5.65 Å². The Morgan fingerprint density at radius 3 is 3.09 bits per heavy atom. The molecule has 0 radical (unpaired) electrons. The summed E-state index contributed by atoms with van der Waals surface area (Å²) in [6, 6.07) is 5.82. The van der Waals surface area contributed by atoms with Crippen LogP contribution in [0.1, 0.15) is 30.1 Å². The molecule has 7 nitrogen and oxygen atoms in total. The third-order valence-corrected chi connectivity index (χ3v) is 4.61. The third-order valence-electron chi connectivity index (χ3n) is 3.64. The van der Waals surface area contributed by atoms with Crippen LogP contribution in [0.15, 0.2) is 34.3 Å². The van der Waals surface area contributed by atoms with Crippen molar-refractivity contribution in [1.29, 1.82) is 0 Å². The summed E-state index contributed by atoms with van der Waals surface area (Å²) >= 11 is 1.51. The van der Waals surface area contributed by atoms with Gasteiger partial charge in [-0.15, -0.1) is 5.10 Å². The summed E-state index contributed by atoms with van der Waals surface area (Å²) in [5.74, 6) is 0.577. The molecule has 0 unspecified atom stereocenters. The van der Waals surface area contributed by atoms with E-state index in [2.05, 4.69) is 20.5 Å². The van der Waals surface area contributed by atoms with Crippen molar-refractivity contribution in [2.24, 2.45) is 0 Å². The van der Waals surface area contributed by atoms with Crippen molar-refractivity contribution >= 4 is 17.4 Å². The molecule has 1 aliphatic rings. The van der Waals surface area contributed by atoms with Gasteiger partial charge in [0.15, 0.2) is 0 Å². The summed E-state index contributed by atoms with van der Waals surface area (Å²) in [7, 11) is 0. The number of pyridine rings is 1. The summed E-state index contributed by atoms with van der Waals surface area (Å²) in [4.78, 5) is 16.8. The molecular weight excluding hydrogens is 300 g/mol. The Hall–Kier alpha value is -2.22. The van der Waals surface area contributed by atoms with Crippen LogP contribution in [-0.2, 0) is 5.75 Å². The quantitative estimate of drug-likeness (QED) is 0.681. The summed E-state index contributed by atoms with van der Waals surface area (Å²) in [5, 5.41) is 12.6. The standard InChI is InChI=1S/C14H14N6OS/c1-9-3-2-6-19-12(21)7-10(15-13(9)19)8-22-14-16-17-18-20(14)11-4-5-11/h2-3,6-7,11H,4-5,8H2,1H3. The first-order chi connectivity index (χ1) is 10.7. The minimum absolute atomic E-state index is 0.0638. The van der Waals surface area contributed by atoms with Crippen molar-refractivity contribution < 1.29 is 0 Å². The SMILES string of the molecule is Cc1cccn2c(=O)cc(CSc3nnnn3C3CC3)nc12. The van der Waals surface area contributed by atoms with E-state index in [1.165, 1.54) is 11.8 Å². The van der Waals surface area contributed by atoms with Gasteiger partial charge in [0.1, 0.15) is 5.65 Å². The van der Waals surface area contributed by atoms with Crippen molar-refractivity contribution in [3.8, 4) is 0 Å². The highest BCUT2D eigenvalue weighted by Gasteiger charge is 2.27. The molecule has 0 aliphatic heterocycles. The van der Waals surface area contributed by atoms with Gasteiger partial charge in [-0.3, -0.25) is 9.20 Å². The van der Waals surface area contributed by atoms with E-state index < -0.39 is 0 Å². The minimum Gasteiger partial charge on any atom is -0.269 e. The number of rotatable bonds is 4. The maximum atomic E-state index is 12.2. The zero-order valence-corrected chi connectivity index (χ0v) is 12.8. The Kier molecular flexibility index (Phi) is 3.18. The van der Waals surface area contributed by atoms with E-state index >= 15 is 0 Å². The van der Waals surface area contributed by atoms with E-state index in [-0.39, 0.29) is 5.56 Å². The molecule has 1 fully saturated rings. The maximum absolute atomic E-state index is 12.2. The lowest BCUT2D eigenvalue weighted by Crippen LogP contribution is -2.15. The molecule has 0 N–H and O–H groups in total. The molecule has 112 valence electrons. The largest absolute Gasteiger partial charge is 0.269 e. The van der Waals surface area contributed by atoms with Gasteiger partial charge in [-0.25, -0.2) is 9.67 Å². The van der Waals surface area contributed by atoms with E-state index in [0.29, 0.717) is 17.4 Å². The first kappa shape index (κ1) is 13.4. The van der Waals surface area contributed by atoms with E-state index in [1.54, 1.807) is 16.7 Å². The monoisotopic (exact) mass is 314 g/mol. The Labute approximate surface area is 130 Å². The fraction of sp³-hybridized carbons (Fsp3) is 0.357. The van der Waals surface area contributed by atoms with Crippen LogP contribution in [0.2, 0.25) is 0 Å². The molecule has 3 aromatic rings. The molecule has 1 aliphatic carbocycles. The van der Waals surface area contributed by atoms with Crippen molar-refractivity contribution in [3.63, 3.8) is 0 Å². The molecule has 8 heteroatoms. The van der Waals surface area contributed by atoms with Gasteiger partial charge in [0.25, 0.3) is 5.56 Å². The lowest BCUT2D eigenvalue weighted by Gasteiger charge is -2.06. The topological polar surface area (TPSA) is 78.0 Å². The zero-order chi connectivity index (χ0) is 15.1. The average molecular weight is 314 g/mol. The first-order valence-corrected chi connectivity index (χ1v) is 8.09. The number of nitrogens with zero attached hydrogens (tertiary/aromatic N) is 6. The molecule has 1 saturated carbocycles. The van der Waals surface area contributed by atoms with E-state index in [1.807, 2.05) is 23.7 Å². The second-order valence-corrected chi connectivity index (χ2v) is 6.34. The molecule has 0 amide bonds. The number of hydrogen-bond donors (Lipinski definition) is 0. The first-order valence-electron chi connectivity index (χ1n) is 7.11. The Balaban J connectivity index is 1.63. The summed E-state index contributed by atoms with van der Waals surface area (Å²) < 4.78 is 3.43. The van der Waals surface area contributed by atoms with E-state index in [4.69, 9.17) is 0 Å². The smallest absolute Gasteiger partial charge is 0.258 e. The van der Waals surface area contributed by atoms with Gasteiger partial charge < -0.3 is 0 Å². The number of fused-ring (bicyclic) bond motifs is 1. The third kappa shape index (κ3) is 2.39. The molecule has 22 heavy (non-hydrogen) atoms. The number of hydrogen-bond acceptors (Lipinski definition) is 6. The molecule has 4 rings (SSSR count). The Bertz CT molecular complexity index is 898. The molecule has 3 aromatic heterocycles. The predicted octanol–water partition coefficient (Wildman–Crippen LogP) is 1.62. The van der Waals surface area contributed by atoms with E-state index in [9.17, 15) is 4.79 Å². The number of tetrazole rings is 1. The van der Waals surface area contributed by atoms with Gasteiger partial charge in [-0.05, 0) is 41.8 Å². The van der Waals surface area contributed by atoms with Crippen molar-refractivity contribution in [3.05, 3.63) is 46.0 Å². The summed E-state index contributed by atoms with van der Waals surface area (Å²) in [6.45, 7) is 1.95. The van der Waals surface area contributed by atoms with Gasteiger partial charge in [0.2, 0.25) is 5.16 Å². The van der Waals surface area contributed by atoms with E-state index in [0.717, 1.165) is 29.3 Å². The van der Waals surface area contributed by atoms with Crippen LogP contribution < -0.4 is 5.56 Å². The van der Waals surface area contributed by atoms with Gasteiger partial charge in [-0.2, -0.15) is 0 Å².